The van der Waals surface area contributed by atoms with E-state index in [0.717, 1.165) is 0 Å². The zero-order chi connectivity index (χ0) is 18.6. The number of nitrogens with zero attached hydrogens (tertiary/aromatic N) is 6. The van der Waals surface area contributed by atoms with E-state index in [2.05, 4.69) is 19.9 Å². The highest BCUT2D eigenvalue weighted by molar-refractivity contribution is 7.70. The Morgan fingerprint density at radius 1 is 1.12 bits per heavy atom. The lowest BCUT2D eigenvalue weighted by molar-refractivity contribution is 0.588. The fraction of sp³-hybridized carbons (Fsp3) is 0.188. The summed E-state index contributed by atoms with van der Waals surface area (Å²) in [7, 11) is -1.19. The maximum atomic E-state index is 13.1. The van der Waals surface area contributed by atoms with Crippen LogP contribution in [0.3, 0.4) is 0 Å². The van der Waals surface area contributed by atoms with Crippen LogP contribution in [0, 0.1) is 0 Å². The quantitative estimate of drug-likeness (QED) is 0.385. The van der Waals surface area contributed by atoms with Gasteiger partial charge in [-0.05, 0) is 37.1 Å². The molecule has 0 aliphatic heterocycles. The molecular formula is C16H14ClN6O2P. The summed E-state index contributed by atoms with van der Waals surface area (Å²) < 4.78 is 15.9. The van der Waals surface area contributed by atoms with E-state index in [1.165, 1.54) is 21.5 Å². The van der Waals surface area contributed by atoms with Crippen molar-refractivity contribution in [3.05, 3.63) is 46.5 Å². The lowest BCUT2D eigenvalue weighted by Gasteiger charge is -2.15. The number of aryl methyl sites for hydroxylation is 1. The molecule has 0 radical (unpaired) electrons. The molecule has 10 heteroatoms. The Balaban J connectivity index is 2.23. The Bertz CT molecular complexity index is 1290. The molecule has 4 rings (SSSR count). The van der Waals surface area contributed by atoms with Gasteiger partial charge in [-0.25, -0.2) is 14.3 Å². The van der Waals surface area contributed by atoms with Crippen molar-refractivity contribution in [3.8, 4) is 5.69 Å². The number of imidazole rings is 1. The second-order valence-corrected chi connectivity index (χ2v) is 9.72. The van der Waals surface area contributed by atoms with Crippen molar-refractivity contribution >= 4 is 46.2 Å². The zero-order valence-electron chi connectivity index (χ0n) is 14.2. The average molecular weight is 389 g/mol. The third kappa shape index (κ3) is 2.45. The normalized spacial score (nSPS) is 12.2. The van der Waals surface area contributed by atoms with Gasteiger partial charge < -0.3 is 4.57 Å². The first-order chi connectivity index (χ1) is 12.3. The minimum Gasteiger partial charge on any atom is -0.319 e. The van der Waals surface area contributed by atoms with E-state index < -0.39 is 7.14 Å². The molecule has 4 aromatic rings. The van der Waals surface area contributed by atoms with Crippen molar-refractivity contribution < 1.29 is 4.57 Å². The summed E-state index contributed by atoms with van der Waals surface area (Å²) in [5.74, 6) is 0. The third-order valence-electron chi connectivity index (χ3n) is 4.14. The van der Waals surface area contributed by atoms with Crippen LogP contribution in [0.5, 0.6) is 0 Å². The van der Waals surface area contributed by atoms with E-state index in [-0.39, 0.29) is 11.0 Å². The molecule has 3 aromatic heterocycles. The minimum atomic E-state index is -2.81. The summed E-state index contributed by atoms with van der Waals surface area (Å²) in [6, 6.07) is 3.45. The number of rotatable bonds is 2. The van der Waals surface area contributed by atoms with Crippen molar-refractivity contribution in [2.75, 3.05) is 13.3 Å². The van der Waals surface area contributed by atoms with Gasteiger partial charge in [0.2, 0.25) is 5.28 Å². The molecule has 8 nitrogen and oxygen atoms in total. The first-order valence-corrected chi connectivity index (χ1v) is 10.7. The van der Waals surface area contributed by atoms with E-state index in [1.54, 1.807) is 38.7 Å². The number of fused-ring (bicyclic) bond motifs is 2. The van der Waals surface area contributed by atoms with Gasteiger partial charge in [0.15, 0.2) is 5.65 Å². The van der Waals surface area contributed by atoms with Crippen LogP contribution >= 0.6 is 18.7 Å². The largest absolute Gasteiger partial charge is 0.334 e. The fourth-order valence-corrected chi connectivity index (χ4v) is 4.57. The predicted octanol–water partition coefficient (Wildman–Crippen LogP) is 1.96. The van der Waals surface area contributed by atoms with Crippen molar-refractivity contribution in [2.45, 2.75) is 0 Å². The second kappa shape index (κ2) is 5.72. The van der Waals surface area contributed by atoms with E-state index in [9.17, 15) is 9.36 Å². The van der Waals surface area contributed by atoms with Gasteiger partial charge in [0, 0.05) is 19.4 Å². The first kappa shape index (κ1) is 16.9. The molecule has 0 saturated carbocycles. The van der Waals surface area contributed by atoms with Gasteiger partial charge in [-0.3, -0.25) is 14.5 Å². The molecule has 0 fully saturated rings. The van der Waals surface area contributed by atoms with Crippen molar-refractivity contribution in [3.63, 3.8) is 0 Å². The number of hydrogen-bond donors (Lipinski definition) is 0. The number of aromatic nitrogens is 6. The van der Waals surface area contributed by atoms with Gasteiger partial charge >= 0.3 is 5.69 Å². The van der Waals surface area contributed by atoms with Gasteiger partial charge in [-0.2, -0.15) is 4.98 Å². The predicted molar refractivity (Wildman–Crippen MR) is 101 cm³/mol. The first-order valence-electron chi connectivity index (χ1n) is 7.68. The zero-order valence-corrected chi connectivity index (χ0v) is 15.9. The van der Waals surface area contributed by atoms with E-state index in [1.807, 2.05) is 0 Å². The van der Waals surface area contributed by atoms with Crippen LogP contribution in [-0.4, -0.2) is 42.4 Å². The smallest absolute Gasteiger partial charge is 0.319 e. The SMILES string of the molecule is Cn1c(=O)n(-c2ccc3nccnc3c2P(C)(C)=O)c2nc(Cl)ncc21. The molecule has 0 atom stereocenters. The average Bonchev–Trinajstić information content (AvgIpc) is 2.83. The summed E-state index contributed by atoms with van der Waals surface area (Å²) in [5, 5.41) is 0.502. The highest BCUT2D eigenvalue weighted by atomic mass is 35.5. The van der Waals surface area contributed by atoms with Crippen LogP contribution in [-0.2, 0) is 11.6 Å². The lowest BCUT2D eigenvalue weighted by atomic mass is 10.2. The Labute approximate surface area is 152 Å². The molecule has 132 valence electrons. The lowest BCUT2D eigenvalue weighted by Crippen LogP contribution is -2.26. The maximum Gasteiger partial charge on any atom is 0.334 e. The molecule has 26 heavy (non-hydrogen) atoms. The van der Waals surface area contributed by atoms with Crippen LogP contribution < -0.4 is 11.0 Å². The summed E-state index contributed by atoms with van der Waals surface area (Å²) in [6.45, 7) is 3.27. The molecule has 3 heterocycles. The van der Waals surface area contributed by atoms with Crippen LogP contribution in [0.1, 0.15) is 0 Å². The highest BCUT2D eigenvalue weighted by Gasteiger charge is 2.25. The molecule has 1 aromatic carbocycles. The standard InChI is InChI=1S/C16H14ClN6O2P/c1-22-11-8-20-15(17)21-14(11)23(16(22)24)10-5-4-9-12(19-7-6-18-9)13(10)26(2,3)25/h4-8H,1-3H3. The van der Waals surface area contributed by atoms with Crippen LogP contribution in [0.15, 0.2) is 35.5 Å². The Morgan fingerprint density at radius 2 is 1.85 bits per heavy atom. The highest BCUT2D eigenvalue weighted by Crippen LogP contribution is 2.39. The molecule has 0 unspecified atom stereocenters. The van der Waals surface area contributed by atoms with Crippen molar-refractivity contribution in [1.82, 2.24) is 29.1 Å². The Hall–Kier alpha value is -2.57. The third-order valence-corrected chi connectivity index (χ3v) is 5.84. The van der Waals surface area contributed by atoms with Gasteiger partial charge in [0.05, 0.1) is 22.7 Å². The van der Waals surface area contributed by atoms with Crippen LogP contribution in [0.25, 0.3) is 27.9 Å². The molecular weight excluding hydrogens is 375 g/mol. The molecule has 0 amide bonds. The summed E-state index contributed by atoms with van der Waals surface area (Å²) in [5.41, 5.74) is 2.09. The maximum absolute atomic E-state index is 13.1. The van der Waals surface area contributed by atoms with E-state index in [0.29, 0.717) is 33.2 Å². The Kier molecular flexibility index (Phi) is 3.71. The van der Waals surface area contributed by atoms with Crippen LogP contribution in [0.2, 0.25) is 5.28 Å². The summed E-state index contributed by atoms with van der Waals surface area (Å²) in [6.07, 6.45) is 4.59. The Morgan fingerprint density at radius 3 is 2.58 bits per heavy atom. The number of benzene rings is 1. The summed E-state index contributed by atoms with van der Waals surface area (Å²) >= 11 is 5.94. The van der Waals surface area contributed by atoms with E-state index >= 15 is 0 Å². The fourth-order valence-electron chi connectivity index (χ4n) is 3.03. The van der Waals surface area contributed by atoms with Gasteiger partial charge in [-0.15, -0.1) is 0 Å². The number of halogens is 1. The topological polar surface area (TPSA) is 95.6 Å². The molecule has 0 bridgehead atoms. The minimum absolute atomic E-state index is 0.0233. The van der Waals surface area contributed by atoms with Gasteiger partial charge in [0.25, 0.3) is 0 Å². The van der Waals surface area contributed by atoms with Gasteiger partial charge in [-0.1, -0.05) is 0 Å². The molecule has 0 spiro atoms. The van der Waals surface area contributed by atoms with Gasteiger partial charge in [0.1, 0.15) is 18.2 Å². The molecule has 0 N–H and O–H groups in total. The van der Waals surface area contributed by atoms with Crippen LogP contribution in [0.4, 0.5) is 0 Å². The second-order valence-electron chi connectivity index (χ2n) is 6.23. The summed E-state index contributed by atoms with van der Waals surface area (Å²) in [4.78, 5) is 29.7. The molecule has 0 saturated heterocycles. The molecule has 0 aliphatic rings. The van der Waals surface area contributed by atoms with E-state index in [4.69, 9.17) is 11.6 Å². The van der Waals surface area contributed by atoms with Crippen molar-refractivity contribution in [1.29, 1.82) is 0 Å². The molecule has 0 aliphatic carbocycles. The van der Waals surface area contributed by atoms with Crippen molar-refractivity contribution in [2.24, 2.45) is 7.05 Å². The number of hydrogen-bond acceptors (Lipinski definition) is 6. The monoisotopic (exact) mass is 388 g/mol.